The van der Waals surface area contributed by atoms with E-state index in [1.54, 1.807) is 4.57 Å². The van der Waals surface area contributed by atoms with Gasteiger partial charge in [-0.3, -0.25) is 9.47 Å². The van der Waals surface area contributed by atoms with Crippen LogP contribution in [0.1, 0.15) is 17.0 Å². The minimum absolute atomic E-state index is 0.115. The summed E-state index contributed by atoms with van der Waals surface area (Å²) in [5.74, 6) is 0. The van der Waals surface area contributed by atoms with Crippen LogP contribution in [0.2, 0.25) is 0 Å². The SMILES string of the molecule is N#CCn1c2c([nH]c1=O)CCN(Cc1ccccc1)C2. The van der Waals surface area contributed by atoms with Crippen molar-refractivity contribution in [2.24, 2.45) is 0 Å². The highest BCUT2D eigenvalue weighted by Crippen LogP contribution is 2.18. The zero-order valence-corrected chi connectivity index (χ0v) is 11.2. The van der Waals surface area contributed by atoms with Gasteiger partial charge < -0.3 is 4.98 Å². The zero-order valence-electron chi connectivity index (χ0n) is 11.2. The van der Waals surface area contributed by atoms with Crippen LogP contribution in [0, 0.1) is 11.3 Å². The number of nitrogens with one attached hydrogen (secondary N) is 1. The van der Waals surface area contributed by atoms with E-state index in [0.717, 1.165) is 30.9 Å². The van der Waals surface area contributed by atoms with Crippen LogP contribution in [0.4, 0.5) is 0 Å². The smallest absolute Gasteiger partial charge is 0.309 e. The lowest BCUT2D eigenvalue weighted by Crippen LogP contribution is -2.31. The van der Waals surface area contributed by atoms with Crippen LogP contribution in [0.15, 0.2) is 35.1 Å². The van der Waals surface area contributed by atoms with Gasteiger partial charge in [-0.15, -0.1) is 0 Å². The molecule has 3 rings (SSSR count). The number of hydrogen-bond acceptors (Lipinski definition) is 3. The lowest BCUT2D eigenvalue weighted by atomic mass is 10.1. The van der Waals surface area contributed by atoms with Gasteiger partial charge in [0.25, 0.3) is 0 Å². The number of hydrogen-bond donors (Lipinski definition) is 1. The van der Waals surface area contributed by atoms with Gasteiger partial charge in [0.1, 0.15) is 6.54 Å². The molecule has 0 radical (unpaired) electrons. The standard InChI is InChI=1S/C15H16N4O/c16-7-9-19-14-11-18(8-6-13(14)17-15(19)20)10-12-4-2-1-3-5-12/h1-5H,6,8-11H2,(H,17,20). The highest BCUT2D eigenvalue weighted by Gasteiger charge is 2.22. The third-order valence-corrected chi connectivity index (χ3v) is 3.71. The van der Waals surface area contributed by atoms with E-state index in [2.05, 4.69) is 28.1 Å². The Balaban J connectivity index is 1.81. The van der Waals surface area contributed by atoms with Crippen molar-refractivity contribution in [2.45, 2.75) is 26.1 Å². The second-order valence-corrected chi connectivity index (χ2v) is 5.05. The Morgan fingerprint density at radius 2 is 2.10 bits per heavy atom. The molecule has 5 nitrogen and oxygen atoms in total. The highest BCUT2D eigenvalue weighted by atomic mass is 16.1. The van der Waals surface area contributed by atoms with Crippen LogP contribution in [0.5, 0.6) is 0 Å². The monoisotopic (exact) mass is 268 g/mol. The molecular weight excluding hydrogens is 252 g/mol. The molecule has 5 heteroatoms. The summed E-state index contributed by atoms with van der Waals surface area (Å²) in [6, 6.07) is 12.3. The number of aromatic nitrogens is 2. The fourth-order valence-electron chi connectivity index (χ4n) is 2.72. The molecule has 0 saturated heterocycles. The topological polar surface area (TPSA) is 64.8 Å². The number of nitrogens with zero attached hydrogens (tertiary/aromatic N) is 3. The van der Waals surface area contributed by atoms with E-state index in [9.17, 15) is 4.79 Å². The molecular formula is C15H16N4O. The van der Waals surface area contributed by atoms with Gasteiger partial charge in [-0.2, -0.15) is 5.26 Å². The molecule has 1 aromatic heterocycles. The Labute approximate surface area is 117 Å². The molecule has 0 bridgehead atoms. The maximum absolute atomic E-state index is 11.8. The average molecular weight is 268 g/mol. The molecule has 0 amide bonds. The van der Waals surface area contributed by atoms with Crippen LogP contribution in [-0.4, -0.2) is 21.0 Å². The minimum atomic E-state index is -0.168. The van der Waals surface area contributed by atoms with Gasteiger partial charge in [0.05, 0.1) is 11.8 Å². The van der Waals surface area contributed by atoms with Gasteiger partial charge in [-0.1, -0.05) is 30.3 Å². The van der Waals surface area contributed by atoms with Crippen molar-refractivity contribution in [3.63, 3.8) is 0 Å². The number of nitriles is 1. The summed E-state index contributed by atoms with van der Waals surface area (Å²) in [5.41, 5.74) is 3.03. The highest BCUT2D eigenvalue weighted by molar-refractivity contribution is 5.19. The second kappa shape index (κ2) is 5.35. The first-order valence-electron chi connectivity index (χ1n) is 6.71. The number of H-pyrrole nitrogens is 1. The fraction of sp³-hybridized carbons (Fsp3) is 0.333. The quantitative estimate of drug-likeness (QED) is 0.911. The van der Waals surface area contributed by atoms with E-state index in [0.29, 0.717) is 6.54 Å². The van der Waals surface area contributed by atoms with Crippen molar-refractivity contribution in [2.75, 3.05) is 6.54 Å². The van der Waals surface area contributed by atoms with Gasteiger partial charge in [-0.25, -0.2) is 4.79 Å². The van der Waals surface area contributed by atoms with Crippen molar-refractivity contribution in [1.82, 2.24) is 14.5 Å². The Morgan fingerprint density at radius 1 is 1.30 bits per heavy atom. The van der Waals surface area contributed by atoms with Crippen molar-refractivity contribution >= 4 is 0 Å². The molecule has 0 fully saturated rings. The van der Waals surface area contributed by atoms with Crippen LogP contribution in [-0.2, 0) is 26.1 Å². The number of benzene rings is 1. The Hall–Kier alpha value is -2.32. The number of imidazole rings is 1. The van der Waals surface area contributed by atoms with E-state index in [4.69, 9.17) is 5.26 Å². The Morgan fingerprint density at radius 3 is 2.85 bits per heavy atom. The van der Waals surface area contributed by atoms with Crippen molar-refractivity contribution in [3.05, 3.63) is 57.8 Å². The zero-order chi connectivity index (χ0) is 13.9. The summed E-state index contributed by atoms with van der Waals surface area (Å²) >= 11 is 0. The first kappa shape index (κ1) is 12.7. The number of rotatable bonds is 3. The molecule has 1 aromatic carbocycles. The first-order chi connectivity index (χ1) is 9.78. The number of fused-ring (bicyclic) bond motifs is 1. The summed E-state index contributed by atoms with van der Waals surface area (Å²) in [6.07, 6.45) is 0.829. The maximum Gasteiger partial charge on any atom is 0.326 e. The summed E-state index contributed by atoms with van der Waals surface area (Å²) in [7, 11) is 0. The minimum Gasteiger partial charge on any atom is -0.309 e. The molecule has 1 aliphatic rings. The van der Waals surface area contributed by atoms with Crippen LogP contribution in [0.3, 0.4) is 0 Å². The van der Waals surface area contributed by atoms with Crippen LogP contribution in [0.25, 0.3) is 0 Å². The molecule has 1 aliphatic heterocycles. The van der Waals surface area contributed by atoms with Crippen LogP contribution < -0.4 is 5.69 Å². The fourth-order valence-corrected chi connectivity index (χ4v) is 2.72. The molecule has 1 N–H and O–H groups in total. The molecule has 0 atom stereocenters. The van der Waals surface area contributed by atoms with E-state index >= 15 is 0 Å². The third kappa shape index (κ3) is 2.38. The summed E-state index contributed by atoms with van der Waals surface area (Å²) in [4.78, 5) is 17.0. The molecule has 20 heavy (non-hydrogen) atoms. The summed E-state index contributed by atoms with van der Waals surface area (Å²) in [5, 5.41) is 8.83. The predicted molar refractivity (Wildman–Crippen MR) is 74.9 cm³/mol. The lowest BCUT2D eigenvalue weighted by molar-refractivity contribution is 0.237. The largest absolute Gasteiger partial charge is 0.326 e. The first-order valence-corrected chi connectivity index (χ1v) is 6.71. The van der Waals surface area contributed by atoms with Crippen molar-refractivity contribution in [1.29, 1.82) is 5.26 Å². The van der Waals surface area contributed by atoms with Gasteiger partial charge in [0.15, 0.2) is 0 Å². The van der Waals surface area contributed by atoms with Gasteiger partial charge >= 0.3 is 5.69 Å². The van der Waals surface area contributed by atoms with Crippen LogP contribution >= 0.6 is 0 Å². The van der Waals surface area contributed by atoms with E-state index < -0.39 is 0 Å². The van der Waals surface area contributed by atoms with Gasteiger partial charge in [-0.05, 0) is 5.56 Å². The second-order valence-electron chi connectivity index (χ2n) is 5.05. The molecule has 0 saturated carbocycles. The van der Waals surface area contributed by atoms with E-state index in [-0.39, 0.29) is 12.2 Å². The van der Waals surface area contributed by atoms with Gasteiger partial charge in [0, 0.05) is 31.7 Å². The third-order valence-electron chi connectivity index (χ3n) is 3.71. The lowest BCUT2D eigenvalue weighted by Gasteiger charge is -2.27. The molecule has 2 aromatic rings. The maximum atomic E-state index is 11.8. The molecule has 0 spiro atoms. The molecule has 0 unspecified atom stereocenters. The Kier molecular flexibility index (Phi) is 3.40. The van der Waals surface area contributed by atoms with E-state index in [1.165, 1.54) is 5.56 Å². The summed E-state index contributed by atoms with van der Waals surface area (Å²) in [6.45, 7) is 2.62. The van der Waals surface area contributed by atoms with Crippen molar-refractivity contribution < 1.29 is 0 Å². The molecule has 2 heterocycles. The average Bonchev–Trinajstić information content (AvgIpc) is 2.77. The Bertz CT molecular complexity index is 693. The predicted octanol–water partition coefficient (Wildman–Crippen LogP) is 1.26. The summed E-state index contributed by atoms with van der Waals surface area (Å²) < 4.78 is 1.55. The van der Waals surface area contributed by atoms with E-state index in [1.807, 2.05) is 18.2 Å². The molecule has 0 aliphatic carbocycles. The molecule has 102 valence electrons. The normalized spacial score (nSPS) is 14.8. The van der Waals surface area contributed by atoms with Gasteiger partial charge in [0.2, 0.25) is 0 Å². The van der Waals surface area contributed by atoms with Crippen molar-refractivity contribution in [3.8, 4) is 6.07 Å². The number of aromatic amines is 1.